The lowest BCUT2D eigenvalue weighted by atomic mass is 10.2. The van der Waals surface area contributed by atoms with Gasteiger partial charge >= 0.3 is 0 Å². The fraction of sp³-hybridized carbons (Fsp3) is 0.133. The Morgan fingerprint density at radius 3 is 3.00 bits per heavy atom. The Balaban J connectivity index is 1.80. The lowest BCUT2D eigenvalue weighted by Gasteiger charge is -2.08. The van der Waals surface area contributed by atoms with Gasteiger partial charge in [-0.15, -0.1) is 0 Å². The molecule has 3 rings (SSSR count). The van der Waals surface area contributed by atoms with Gasteiger partial charge in [0.2, 0.25) is 0 Å². The van der Waals surface area contributed by atoms with Crippen molar-refractivity contribution in [3.63, 3.8) is 0 Å². The van der Waals surface area contributed by atoms with Gasteiger partial charge in [-0.3, -0.25) is 0 Å². The molecule has 0 aliphatic carbocycles. The molecule has 0 radical (unpaired) electrons. The van der Waals surface area contributed by atoms with Gasteiger partial charge in [0.05, 0.1) is 12.2 Å². The van der Waals surface area contributed by atoms with Crippen molar-refractivity contribution in [2.75, 3.05) is 5.32 Å². The lowest BCUT2D eigenvalue weighted by Crippen LogP contribution is -2.01. The average molecular weight is 272 g/mol. The van der Waals surface area contributed by atoms with Gasteiger partial charge in [0, 0.05) is 23.1 Å². The van der Waals surface area contributed by atoms with E-state index in [1.807, 2.05) is 53.2 Å². The standard InChI is InChI=1S/C15H14ClN3/c1-11-5-6-12(16)8-14(11)17-9-13-10-19-7-3-2-4-15(19)18-13/h2-8,10,17H,9H2,1H3. The third-order valence-corrected chi connectivity index (χ3v) is 3.31. The highest BCUT2D eigenvalue weighted by molar-refractivity contribution is 6.30. The number of nitrogens with one attached hydrogen (secondary N) is 1. The Hall–Kier alpha value is -2.00. The molecular formula is C15H14ClN3. The van der Waals surface area contributed by atoms with Gasteiger partial charge in [-0.1, -0.05) is 23.7 Å². The van der Waals surface area contributed by atoms with E-state index in [0.29, 0.717) is 6.54 Å². The predicted molar refractivity (Wildman–Crippen MR) is 78.7 cm³/mol. The van der Waals surface area contributed by atoms with E-state index in [4.69, 9.17) is 11.6 Å². The van der Waals surface area contributed by atoms with Crippen LogP contribution in [0.2, 0.25) is 5.02 Å². The average Bonchev–Trinajstić information content (AvgIpc) is 2.82. The first kappa shape index (κ1) is 12.1. The number of fused-ring (bicyclic) bond motifs is 1. The van der Waals surface area contributed by atoms with Crippen LogP contribution < -0.4 is 5.32 Å². The van der Waals surface area contributed by atoms with Crippen LogP contribution in [0.1, 0.15) is 11.3 Å². The smallest absolute Gasteiger partial charge is 0.137 e. The minimum absolute atomic E-state index is 0.683. The molecule has 0 fully saturated rings. The fourth-order valence-corrected chi connectivity index (χ4v) is 2.21. The molecule has 1 N–H and O–H groups in total. The zero-order valence-corrected chi connectivity index (χ0v) is 11.4. The number of aromatic nitrogens is 2. The van der Waals surface area contributed by atoms with Crippen molar-refractivity contribution in [1.29, 1.82) is 0 Å². The Morgan fingerprint density at radius 2 is 2.16 bits per heavy atom. The number of anilines is 1. The van der Waals surface area contributed by atoms with E-state index in [1.165, 1.54) is 5.56 Å². The summed E-state index contributed by atoms with van der Waals surface area (Å²) in [6.07, 6.45) is 4.03. The molecule has 0 amide bonds. The minimum Gasteiger partial charge on any atom is -0.379 e. The van der Waals surface area contributed by atoms with Crippen LogP contribution in [0.15, 0.2) is 48.8 Å². The Kier molecular flexibility index (Phi) is 3.13. The molecule has 0 bridgehead atoms. The maximum absolute atomic E-state index is 6.00. The third-order valence-electron chi connectivity index (χ3n) is 3.07. The molecule has 19 heavy (non-hydrogen) atoms. The number of pyridine rings is 1. The van der Waals surface area contributed by atoms with Gasteiger partial charge in [-0.25, -0.2) is 4.98 Å². The number of halogens is 1. The first-order valence-corrected chi connectivity index (χ1v) is 6.53. The molecular weight excluding hydrogens is 258 g/mol. The number of aryl methyl sites for hydroxylation is 1. The summed E-state index contributed by atoms with van der Waals surface area (Å²) in [5.41, 5.74) is 4.19. The number of hydrogen-bond acceptors (Lipinski definition) is 2. The maximum atomic E-state index is 6.00. The molecule has 0 atom stereocenters. The highest BCUT2D eigenvalue weighted by atomic mass is 35.5. The summed E-state index contributed by atoms with van der Waals surface area (Å²) in [6.45, 7) is 2.74. The number of nitrogens with zero attached hydrogens (tertiary/aromatic N) is 2. The summed E-state index contributed by atoms with van der Waals surface area (Å²) in [5.74, 6) is 0. The molecule has 0 spiro atoms. The molecule has 96 valence electrons. The number of imidazole rings is 1. The quantitative estimate of drug-likeness (QED) is 0.783. The Labute approximate surface area is 116 Å². The summed E-state index contributed by atoms with van der Waals surface area (Å²) < 4.78 is 2.02. The van der Waals surface area contributed by atoms with Gasteiger partial charge in [0.1, 0.15) is 5.65 Å². The number of hydrogen-bond donors (Lipinski definition) is 1. The molecule has 2 aromatic heterocycles. The van der Waals surface area contributed by atoms with Gasteiger partial charge in [0.15, 0.2) is 0 Å². The molecule has 0 saturated heterocycles. The molecule has 4 heteroatoms. The second-order valence-electron chi connectivity index (χ2n) is 4.51. The van der Waals surface area contributed by atoms with Crippen LogP contribution in [0, 0.1) is 6.92 Å². The predicted octanol–water partition coefficient (Wildman–Crippen LogP) is 3.91. The van der Waals surface area contributed by atoms with Crippen LogP contribution in [0.5, 0.6) is 0 Å². The van der Waals surface area contributed by atoms with Crippen molar-refractivity contribution < 1.29 is 0 Å². The van der Waals surface area contributed by atoms with Crippen molar-refractivity contribution in [3.8, 4) is 0 Å². The zero-order valence-electron chi connectivity index (χ0n) is 10.6. The van der Waals surface area contributed by atoms with Crippen LogP contribution >= 0.6 is 11.6 Å². The van der Waals surface area contributed by atoms with E-state index in [2.05, 4.69) is 17.2 Å². The largest absolute Gasteiger partial charge is 0.379 e. The first-order valence-electron chi connectivity index (χ1n) is 6.15. The van der Waals surface area contributed by atoms with Crippen molar-refractivity contribution in [2.24, 2.45) is 0 Å². The summed E-state index contributed by atoms with van der Waals surface area (Å²) in [5, 5.41) is 4.11. The minimum atomic E-state index is 0.683. The van der Waals surface area contributed by atoms with Crippen LogP contribution in [0.25, 0.3) is 5.65 Å². The lowest BCUT2D eigenvalue weighted by molar-refractivity contribution is 1.07. The first-order chi connectivity index (χ1) is 9.22. The van der Waals surface area contributed by atoms with Crippen LogP contribution in [-0.2, 0) is 6.54 Å². The summed E-state index contributed by atoms with van der Waals surface area (Å²) >= 11 is 6.00. The summed E-state index contributed by atoms with van der Waals surface area (Å²) in [6, 6.07) is 11.8. The van der Waals surface area contributed by atoms with E-state index in [9.17, 15) is 0 Å². The molecule has 3 nitrogen and oxygen atoms in total. The monoisotopic (exact) mass is 271 g/mol. The Morgan fingerprint density at radius 1 is 1.26 bits per heavy atom. The van der Waals surface area contributed by atoms with Crippen molar-refractivity contribution in [1.82, 2.24) is 9.38 Å². The van der Waals surface area contributed by atoms with Crippen molar-refractivity contribution >= 4 is 22.9 Å². The number of rotatable bonds is 3. The fourth-order valence-electron chi connectivity index (χ4n) is 2.04. The maximum Gasteiger partial charge on any atom is 0.137 e. The van der Waals surface area contributed by atoms with E-state index in [-0.39, 0.29) is 0 Å². The normalized spacial score (nSPS) is 10.8. The van der Waals surface area contributed by atoms with Crippen LogP contribution in [0.4, 0.5) is 5.69 Å². The van der Waals surface area contributed by atoms with Gasteiger partial charge in [-0.05, 0) is 36.8 Å². The molecule has 2 heterocycles. The summed E-state index contributed by atoms with van der Waals surface area (Å²) in [7, 11) is 0. The van der Waals surface area contributed by atoms with Gasteiger partial charge in [0.25, 0.3) is 0 Å². The molecule has 3 aromatic rings. The zero-order chi connectivity index (χ0) is 13.2. The third kappa shape index (κ3) is 2.56. The van der Waals surface area contributed by atoms with Gasteiger partial charge in [-0.2, -0.15) is 0 Å². The van der Waals surface area contributed by atoms with Crippen molar-refractivity contribution in [2.45, 2.75) is 13.5 Å². The van der Waals surface area contributed by atoms with Gasteiger partial charge < -0.3 is 9.72 Å². The van der Waals surface area contributed by atoms with E-state index in [0.717, 1.165) is 22.1 Å². The number of benzene rings is 1. The van der Waals surface area contributed by atoms with E-state index in [1.54, 1.807) is 0 Å². The molecule has 0 saturated carbocycles. The van der Waals surface area contributed by atoms with E-state index >= 15 is 0 Å². The molecule has 0 unspecified atom stereocenters. The second-order valence-corrected chi connectivity index (χ2v) is 4.95. The van der Waals surface area contributed by atoms with Crippen LogP contribution in [-0.4, -0.2) is 9.38 Å². The Bertz CT molecular complexity index is 685. The highest BCUT2D eigenvalue weighted by Gasteiger charge is 2.03. The SMILES string of the molecule is Cc1ccc(Cl)cc1NCc1cn2ccccc2n1. The topological polar surface area (TPSA) is 29.3 Å². The molecule has 0 aliphatic heterocycles. The van der Waals surface area contributed by atoms with Crippen molar-refractivity contribution in [3.05, 3.63) is 65.1 Å². The second kappa shape index (κ2) is 4.94. The highest BCUT2D eigenvalue weighted by Crippen LogP contribution is 2.20. The molecule has 1 aromatic carbocycles. The van der Waals surface area contributed by atoms with Crippen LogP contribution in [0.3, 0.4) is 0 Å². The molecule has 0 aliphatic rings. The summed E-state index contributed by atoms with van der Waals surface area (Å²) in [4.78, 5) is 4.55. The van der Waals surface area contributed by atoms with E-state index < -0.39 is 0 Å².